The Balaban J connectivity index is 1.72. The van der Waals surface area contributed by atoms with Crippen molar-refractivity contribution in [1.29, 1.82) is 0 Å². The van der Waals surface area contributed by atoms with Gasteiger partial charge in [0.1, 0.15) is 5.75 Å². The van der Waals surface area contributed by atoms with Crippen LogP contribution in [0.2, 0.25) is 0 Å². The quantitative estimate of drug-likeness (QED) is 0.803. The first-order valence-corrected chi connectivity index (χ1v) is 9.49. The van der Waals surface area contributed by atoms with Crippen LogP contribution in [-0.4, -0.2) is 81.1 Å². The van der Waals surface area contributed by atoms with E-state index in [1.165, 1.54) is 0 Å². The van der Waals surface area contributed by atoms with Crippen molar-refractivity contribution >= 4 is 16.9 Å². The summed E-state index contributed by atoms with van der Waals surface area (Å²) in [7, 11) is 5.77. The summed E-state index contributed by atoms with van der Waals surface area (Å²) in [6.07, 6.45) is 3.88. The zero-order chi connectivity index (χ0) is 19.2. The van der Waals surface area contributed by atoms with Crippen LogP contribution in [0.5, 0.6) is 5.75 Å². The molecule has 7 nitrogen and oxygen atoms in total. The van der Waals surface area contributed by atoms with Gasteiger partial charge in [-0.3, -0.25) is 9.47 Å². The van der Waals surface area contributed by atoms with Crippen molar-refractivity contribution in [3.05, 3.63) is 30.0 Å². The lowest BCUT2D eigenvalue weighted by Crippen LogP contribution is -2.40. The van der Waals surface area contributed by atoms with E-state index in [2.05, 4.69) is 29.2 Å². The molecule has 7 heteroatoms. The highest BCUT2D eigenvalue weighted by Crippen LogP contribution is 2.26. The SMILES string of the molecule is COc1ccc2c(c1)c(CCN(C)C)cn2C(=O)NCCN1CCCOC1. The summed E-state index contributed by atoms with van der Waals surface area (Å²) in [4.78, 5) is 17.1. The fourth-order valence-electron chi connectivity index (χ4n) is 3.35. The highest BCUT2D eigenvalue weighted by atomic mass is 16.5. The third-order valence-electron chi connectivity index (χ3n) is 4.88. The van der Waals surface area contributed by atoms with Crippen molar-refractivity contribution in [3.63, 3.8) is 0 Å². The van der Waals surface area contributed by atoms with Gasteiger partial charge in [0, 0.05) is 44.4 Å². The Hall–Kier alpha value is -2.09. The third kappa shape index (κ3) is 5.00. The van der Waals surface area contributed by atoms with Gasteiger partial charge < -0.3 is 19.7 Å². The van der Waals surface area contributed by atoms with Crippen LogP contribution in [0.15, 0.2) is 24.4 Å². The lowest BCUT2D eigenvalue weighted by molar-refractivity contribution is -0.0121. The van der Waals surface area contributed by atoms with E-state index in [4.69, 9.17) is 9.47 Å². The Morgan fingerprint density at radius 2 is 2.22 bits per heavy atom. The zero-order valence-corrected chi connectivity index (χ0v) is 16.5. The van der Waals surface area contributed by atoms with Crippen molar-refractivity contribution in [2.45, 2.75) is 12.8 Å². The minimum Gasteiger partial charge on any atom is -0.497 e. The Kier molecular flexibility index (Phi) is 6.71. The largest absolute Gasteiger partial charge is 0.497 e. The van der Waals surface area contributed by atoms with Gasteiger partial charge in [-0.25, -0.2) is 4.79 Å². The summed E-state index contributed by atoms with van der Waals surface area (Å²) in [5.41, 5.74) is 2.06. The molecule has 2 heterocycles. The second-order valence-electron chi connectivity index (χ2n) is 7.20. The molecule has 0 atom stereocenters. The first-order chi connectivity index (χ1) is 13.1. The van der Waals surface area contributed by atoms with Crippen LogP contribution in [0.4, 0.5) is 4.79 Å². The number of fused-ring (bicyclic) bond motifs is 1. The van der Waals surface area contributed by atoms with Gasteiger partial charge in [0.25, 0.3) is 0 Å². The normalized spacial score (nSPS) is 15.4. The number of benzene rings is 1. The molecule has 27 heavy (non-hydrogen) atoms. The van der Waals surface area contributed by atoms with Gasteiger partial charge in [-0.2, -0.15) is 0 Å². The van der Waals surface area contributed by atoms with Gasteiger partial charge in [0.15, 0.2) is 0 Å². The number of methoxy groups -OCH3 is 1. The second kappa shape index (κ2) is 9.21. The molecule has 1 fully saturated rings. The molecule has 2 aromatic rings. The molecule has 1 aromatic heterocycles. The van der Waals surface area contributed by atoms with E-state index in [0.717, 1.165) is 61.3 Å². The van der Waals surface area contributed by atoms with Crippen molar-refractivity contribution in [3.8, 4) is 5.75 Å². The van der Waals surface area contributed by atoms with E-state index in [-0.39, 0.29) is 6.03 Å². The molecule has 1 saturated heterocycles. The van der Waals surface area contributed by atoms with Gasteiger partial charge in [0.2, 0.25) is 0 Å². The first-order valence-electron chi connectivity index (χ1n) is 9.49. The van der Waals surface area contributed by atoms with Crippen molar-refractivity contribution in [2.24, 2.45) is 0 Å². The minimum absolute atomic E-state index is 0.0980. The molecule has 1 aliphatic heterocycles. The molecule has 0 aliphatic carbocycles. The Bertz CT molecular complexity index is 766. The summed E-state index contributed by atoms with van der Waals surface area (Å²) in [5.74, 6) is 0.803. The van der Waals surface area contributed by atoms with Gasteiger partial charge >= 0.3 is 6.03 Å². The molecule has 0 radical (unpaired) electrons. The maximum Gasteiger partial charge on any atom is 0.326 e. The summed E-state index contributed by atoms with van der Waals surface area (Å²) in [6, 6.07) is 5.76. The molecular formula is C20H30N4O3. The average Bonchev–Trinajstić information content (AvgIpc) is 3.05. The van der Waals surface area contributed by atoms with Crippen LogP contribution in [0.1, 0.15) is 12.0 Å². The fourth-order valence-corrected chi connectivity index (χ4v) is 3.35. The lowest BCUT2D eigenvalue weighted by Gasteiger charge is -2.26. The number of hydrogen-bond acceptors (Lipinski definition) is 5. The molecule has 148 valence electrons. The molecule has 0 bridgehead atoms. The van der Waals surface area contributed by atoms with E-state index >= 15 is 0 Å². The van der Waals surface area contributed by atoms with Crippen LogP contribution >= 0.6 is 0 Å². The summed E-state index contributed by atoms with van der Waals surface area (Å²) in [6.45, 7) is 4.83. The number of nitrogens with one attached hydrogen (secondary N) is 1. The van der Waals surface area contributed by atoms with Crippen molar-refractivity contribution in [2.75, 3.05) is 60.7 Å². The highest BCUT2D eigenvalue weighted by Gasteiger charge is 2.15. The lowest BCUT2D eigenvalue weighted by atomic mass is 10.1. The highest BCUT2D eigenvalue weighted by molar-refractivity contribution is 5.94. The Labute approximate surface area is 160 Å². The van der Waals surface area contributed by atoms with Crippen LogP contribution in [-0.2, 0) is 11.2 Å². The molecule has 1 aliphatic rings. The number of ether oxygens (including phenoxy) is 2. The molecule has 0 saturated carbocycles. The Morgan fingerprint density at radius 1 is 1.37 bits per heavy atom. The van der Waals surface area contributed by atoms with Gasteiger partial charge in [-0.15, -0.1) is 0 Å². The number of carbonyl (C=O) groups excluding carboxylic acids is 1. The zero-order valence-electron chi connectivity index (χ0n) is 16.5. The first kappa shape index (κ1) is 19.7. The summed E-state index contributed by atoms with van der Waals surface area (Å²) < 4.78 is 12.5. The number of hydrogen-bond donors (Lipinski definition) is 1. The number of aromatic nitrogens is 1. The van der Waals surface area contributed by atoms with Crippen molar-refractivity contribution < 1.29 is 14.3 Å². The van der Waals surface area contributed by atoms with Gasteiger partial charge in [-0.1, -0.05) is 0 Å². The Morgan fingerprint density at radius 3 is 2.93 bits per heavy atom. The van der Waals surface area contributed by atoms with Crippen LogP contribution in [0.25, 0.3) is 10.9 Å². The van der Waals surface area contributed by atoms with Gasteiger partial charge in [0.05, 0.1) is 19.4 Å². The number of carbonyl (C=O) groups is 1. The topological polar surface area (TPSA) is 59.0 Å². The van der Waals surface area contributed by atoms with Crippen molar-refractivity contribution in [1.82, 2.24) is 19.7 Å². The number of rotatable bonds is 7. The summed E-state index contributed by atoms with van der Waals surface area (Å²) >= 11 is 0. The second-order valence-corrected chi connectivity index (χ2v) is 7.20. The molecule has 1 N–H and O–H groups in total. The summed E-state index contributed by atoms with van der Waals surface area (Å²) in [5, 5.41) is 4.10. The maximum absolute atomic E-state index is 12.8. The smallest absolute Gasteiger partial charge is 0.326 e. The van der Waals surface area contributed by atoms with Crippen LogP contribution in [0, 0.1) is 0 Å². The third-order valence-corrected chi connectivity index (χ3v) is 4.88. The molecule has 1 amide bonds. The monoisotopic (exact) mass is 374 g/mol. The average molecular weight is 374 g/mol. The van der Waals surface area contributed by atoms with E-state index < -0.39 is 0 Å². The van der Waals surface area contributed by atoms with E-state index in [9.17, 15) is 4.79 Å². The molecule has 3 rings (SSSR count). The molecule has 0 spiro atoms. The predicted octanol–water partition coefficient (Wildman–Crippen LogP) is 1.99. The number of likely N-dealkylation sites (N-methyl/N-ethyl adjacent to an activating group) is 1. The van der Waals surface area contributed by atoms with Crippen LogP contribution in [0.3, 0.4) is 0 Å². The number of amides is 1. The minimum atomic E-state index is -0.0980. The molecule has 0 unspecified atom stereocenters. The molecule has 1 aromatic carbocycles. The predicted molar refractivity (Wildman–Crippen MR) is 107 cm³/mol. The maximum atomic E-state index is 12.8. The molecular weight excluding hydrogens is 344 g/mol. The van der Waals surface area contributed by atoms with E-state index in [0.29, 0.717) is 13.3 Å². The van der Waals surface area contributed by atoms with E-state index in [1.54, 1.807) is 11.7 Å². The van der Waals surface area contributed by atoms with E-state index in [1.807, 2.05) is 24.4 Å². The number of nitrogens with zero attached hydrogens (tertiary/aromatic N) is 3. The fraction of sp³-hybridized carbons (Fsp3) is 0.550. The van der Waals surface area contributed by atoms with Gasteiger partial charge in [-0.05, 0) is 50.7 Å². The standard InChI is InChI=1S/C20H30N4O3/c1-22(2)10-7-16-14-24(19-6-5-17(26-3)13-18(16)19)20(25)21-8-11-23-9-4-12-27-15-23/h5-6,13-14H,4,7-12,15H2,1-3H3,(H,21,25). The van der Waals surface area contributed by atoms with Crippen LogP contribution < -0.4 is 10.1 Å².